The SMILES string of the molecule is O=C1N(O)[C@@H]2CC[C@@H](c3nnc(CI)o3)N1C2. The summed E-state index contributed by atoms with van der Waals surface area (Å²) in [5, 5.41) is 18.2. The third-order valence-electron chi connectivity index (χ3n) is 3.23. The summed E-state index contributed by atoms with van der Waals surface area (Å²) in [6.07, 6.45) is 1.50. The van der Waals surface area contributed by atoms with Gasteiger partial charge in [0.1, 0.15) is 6.04 Å². The molecule has 8 heteroatoms. The second kappa shape index (κ2) is 4.09. The van der Waals surface area contributed by atoms with Crippen molar-refractivity contribution >= 4 is 28.6 Å². The van der Waals surface area contributed by atoms with E-state index >= 15 is 0 Å². The van der Waals surface area contributed by atoms with E-state index in [0.717, 1.165) is 17.9 Å². The summed E-state index contributed by atoms with van der Waals surface area (Å²) in [4.78, 5) is 13.4. The van der Waals surface area contributed by atoms with Crippen molar-refractivity contribution in [3.8, 4) is 0 Å². The first-order valence-corrected chi connectivity index (χ1v) is 6.90. The zero-order chi connectivity index (χ0) is 12.0. The summed E-state index contributed by atoms with van der Waals surface area (Å²) < 4.78 is 6.14. The molecule has 0 spiro atoms. The second-order valence-electron chi connectivity index (χ2n) is 4.19. The fourth-order valence-corrected chi connectivity index (χ4v) is 2.67. The number of amides is 2. The molecule has 7 nitrogen and oxygen atoms in total. The van der Waals surface area contributed by atoms with Crippen LogP contribution in [0.3, 0.4) is 0 Å². The molecule has 3 rings (SSSR count). The maximum atomic E-state index is 11.8. The van der Waals surface area contributed by atoms with Crippen LogP contribution in [0.2, 0.25) is 0 Å². The molecule has 2 aliphatic rings. The van der Waals surface area contributed by atoms with Gasteiger partial charge in [0.05, 0.1) is 10.5 Å². The molecule has 2 aliphatic heterocycles. The van der Waals surface area contributed by atoms with Crippen molar-refractivity contribution in [3.05, 3.63) is 11.8 Å². The Morgan fingerprint density at radius 1 is 1.47 bits per heavy atom. The molecule has 3 heterocycles. The van der Waals surface area contributed by atoms with Crippen LogP contribution in [0.5, 0.6) is 0 Å². The van der Waals surface area contributed by atoms with Gasteiger partial charge in [-0.15, -0.1) is 10.2 Å². The third-order valence-corrected chi connectivity index (χ3v) is 3.88. The third kappa shape index (κ3) is 1.69. The number of fused-ring (bicyclic) bond motifs is 2. The maximum Gasteiger partial charge on any atom is 0.344 e. The van der Waals surface area contributed by atoms with E-state index in [2.05, 4.69) is 32.8 Å². The second-order valence-corrected chi connectivity index (χ2v) is 4.96. The lowest BCUT2D eigenvalue weighted by Crippen LogP contribution is -2.34. The smallest absolute Gasteiger partial charge is 0.344 e. The Morgan fingerprint density at radius 3 is 3.00 bits per heavy atom. The molecule has 92 valence electrons. The Balaban J connectivity index is 1.87. The Hall–Kier alpha value is -0.900. The number of alkyl halides is 1. The molecule has 2 saturated heterocycles. The van der Waals surface area contributed by atoms with Crippen molar-refractivity contribution in [2.45, 2.75) is 29.4 Å². The fourth-order valence-electron chi connectivity index (χ4n) is 2.36. The van der Waals surface area contributed by atoms with Crippen molar-refractivity contribution < 1.29 is 14.4 Å². The largest absolute Gasteiger partial charge is 0.422 e. The lowest BCUT2D eigenvalue weighted by molar-refractivity contribution is -0.0584. The van der Waals surface area contributed by atoms with Crippen LogP contribution in [0, 0.1) is 0 Å². The van der Waals surface area contributed by atoms with Gasteiger partial charge in [0.15, 0.2) is 0 Å². The number of hydrogen-bond acceptors (Lipinski definition) is 5. The van der Waals surface area contributed by atoms with Gasteiger partial charge in [0.25, 0.3) is 0 Å². The van der Waals surface area contributed by atoms with Crippen LogP contribution in [0.15, 0.2) is 4.42 Å². The van der Waals surface area contributed by atoms with E-state index in [4.69, 9.17) is 4.42 Å². The highest BCUT2D eigenvalue weighted by molar-refractivity contribution is 14.1. The predicted octanol–water partition coefficient (Wildman–Crippen LogP) is 1.33. The lowest BCUT2D eigenvalue weighted by atomic mass is 10.0. The number of nitrogens with zero attached hydrogens (tertiary/aromatic N) is 4. The molecule has 2 bridgehead atoms. The van der Waals surface area contributed by atoms with E-state index in [9.17, 15) is 10.0 Å². The van der Waals surface area contributed by atoms with Gasteiger partial charge in [-0.25, -0.2) is 9.86 Å². The zero-order valence-corrected chi connectivity index (χ0v) is 11.1. The van der Waals surface area contributed by atoms with E-state index in [1.165, 1.54) is 0 Å². The average molecular weight is 350 g/mol. The summed E-state index contributed by atoms with van der Waals surface area (Å²) in [5.74, 6) is 1.04. The van der Waals surface area contributed by atoms with Crippen LogP contribution in [0.1, 0.15) is 30.7 Å². The van der Waals surface area contributed by atoms with Crippen LogP contribution >= 0.6 is 22.6 Å². The van der Waals surface area contributed by atoms with Crippen LogP contribution in [0.25, 0.3) is 0 Å². The number of halogens is 1. The summed E-state index contributed by atoms with van der Waals surface area (Å²) in [6, 6.07) is -0.655. The van der Waals surface area contributed by atoms with Crippen LogP contribution in [0.4, 0.5) is 4.79 Å². The van der Waals surface area contributed by atoms with E-state index in [0.29, 0.717) is 22.8 Å². The first-order valence-electron chi connectivity index (χ1n) is 5.37. The molecular weight excluding hydrogens is 339 g/mol. The van der Waals surface area contributed by atoms with Crippen LogP contribution < -0.4 is 0 Å². The molecule has 0 unspecified atom stereocenters. The van der Waals surface area contributed by atoms with Gasteiger partial charge < -0.3 is 9.32 Å². The molecule has 0 saturated carbocycles. The van der Waals surface area contributed by atoms with Gasteiger partial charge in [-0.3, -0.25) is 5.21 Å². The molecule has 0 radical (unpaired) electrons. The zero-order valence-electron chi connectivity index (χ0n) is 8.91. The molecular formula is C9H11IN4O3. The number of aromatic nitrogens is 2. The molecule has 1 aromatic heterocycles. The minimum atomic E-state index is -0.369. The minimum absolute atomic E-state index is 0.0919. The fraction of sp³-hybridized carbons (Fsp3) is 0.667. The van der Waals surface area contributed by atoms with Crippen molar-refractivity contribution in [1.29, 1.82) is 0 Å². The van der Waals surface area contributed by atoms with Crippen molar-refractivity contribution in [2.24, 2.45) is 0 Å². The molecule has 0 aromatic carbocycles. The number of rotatable bonds is 2. The molecule has 2 atom stereocenters. The summed E-state index contributed by atoms with van der Waals surface area (Å²) in [6.45, 7) is 0.530. The van der Waals surface area contributed by atoms with E-state index in [-0.39, 0.29) is 18.1 Å². The lowest BCUT2D eigenvalue weighted by Gasteiger charge is -2.27. The number of hydrogen-bond donors (Lipinski definition) is 1. The highest BCUT2D eigenvalue weighted by Crippen LogP contribution is 2.36. The van der Waals surface area contributed by atoms with E-state index < -0.39 is 0 Å². The number of urea groups is 1. The highest BCUT2D eigenvalue weighted by atomic mass is 127. The maximum absolute atomic E-state index is 11.8. The Kier molecular flexibility index (Phi) is 2.69. The predicted molar refractivity (Wildman–Crippen MR) is 63.5 cm³/mol. The van der Waals surface area contributed by atoms with E-state index in [1.807, 2.05) is 0 Å². The first-order chi connectivity index (χ1) is 8.20. The number of hydroxylamine groups is 2. The number of carbonyl (C=O) groups is 1. The standard InChI is InChI=1S/C9H11IN4O3/c10-3-7-11-12-8(17-7)6-2-1-5-4-13(6)9(15)14(5)16/h5-6,16H,1-4H2/t5-,6+/m1/s1. The molecule has 1 aromatic rings. The topological polar surface area (TPSA) is 82.7 Å². The highest BCUT2D eigenvalue weighted by Gasteiger charge is 2.46. The minimum Gasteiger partial charge on any atom is -0.422 e. The molecule has 17 heavy (non-hydrogen) atoms. The Morgan fingerprint density at radius 2 is 2.29 bits per heavy atom. The molecule has 1 N–H and O–H groups in total. The Bertz CT molecular complexity index is 451. The molecule has 0 aliphatic carbocycles. The van der Waals surface area contributed by atoms with E-state index in [1.54, 1.807) is 4.90 Å². The monoisotopic (exact) mass is 350 g/mol. The number of carbonyl (C=O) groups excluding carboxylic acids is 1. The van der Waals surface area contributed by atoms with Crippen LogP contribution in [-0.2, 0) is 4.43 Å². The average Bonchev–Trinajstić information content (AvgIpc) is 2.91. The summed E-state index contributed by atoms with van der Waals surface area (Å²) in [7, 11) is 0. The summed E-state index contributed by atoms with van der Waals surface area (Å²) >= 11 is 2.14. The summed E-state index contributed by atoms with van der Waals surface area (Å²) in [5.41, 5.74) is 0. The van der Waals surface area contributed by atoms with Gasteiger partial charge >= 0.3 is 6.03 Å². The van der Waals surface area contributed by atoms with Crippen molar-refractivity contribution in [3.63, 3.8) is 0 Å². The van der Waals surface area contributed by atoms with Gasteiger partial charge in [-0.05, 0) is 12.8 Å². The Labute approximate surface area is 111 Å². The van der Waals surface area contributed by atoms with Crippen molar-refractivity contribution in [1.82, 2.24) is 20.2 Å². The van der Waals surface area contributed by atoms with Crippen LogP contribution in [-0.4, -0.2) is 44.0 Å². The molecule has 2 amide bonds. The first kappa shape index (κ1) is 11.2. The number of piperidine rings is 1. The van der Waals surface area contributed by atoms with Gasteiger partial charge in [-0.2, -0.15) is 0 Å². The van der Waals surface area contributed by atoms with Gasteiger partial charge in [0, 0.05) is 6.54 Å². The normalized spacial score (nSPS) is 28.0. The van der Waals surface area contributed by atoms with Gasteiger partial charge in [0.2, 0.25) is 11.8 Å². The molecule has 2 fully saturated rings. The van der Waals surface area contributed by atoms with Gasteiger partial charge in [-0.1, -0.05) is 22.6 Å². The van der Waals surface area contributed by atoms with Crippen molar-refractivity contribution in [2.75, 3.05) is 6.54 Å². The quantitative estimate of drug-likeness (QED) is 0.494.